The van der Waals surface area contributed by atoms with Gasteiger partial charge in [-0.1, -0.05) is 28.2 Å². The van der Waals surface area contributed by atoms with Crippen LogP contribution in [0.5, 0.6) is 0 Å². The maximum Gasteiger partial charge on any atom is 0.172 e. The van der Waals surface area contributed by atoms with E-state index in [-0.39, 0.29) is 5.82 Å². The number of aromatic nitrogens is 2. The quantitative estimate of drug-likeness (QED) is 0.495. The van der Waals surface area contributed by atoms with Crippen LogP contribution in [0.1, 0.15) is 36.8 Å². The molecule has 0 saturated carbocycles. The fraction of sp³-hybridized carbons (Fsp3) is 0.480. The number of benzene rings is 2. The summed E-state index contributed by atoms with van der Waals surface area (Å²) in [7, 11) is 2.22. The summed E-state index contributed by atoms with van der Waals surface area (Å²) in [6.45, 7) is 6.46. The summed E-state index contributed by atoms with van der Waals surface area (Å²) in [5.41, 5.74) is 5.14. The standard InChI is InChI=1S/C25H30ClFN4/c1-17-5-3-7-22-24(17)28-25(31(22)27)20-8-9-21-19(23(20)26)12-16-30(21)13-4-6-18-10-14-29(2)15-11-18/h3,5,7-9,18H,4,6,10-16H2,1-2H3. The van der Waals surface area contributed by atoms with Gasteiger partial charge in [-0.2, -0.15) is 4.79 Å². The monoisotopic (exact) mass is 440 g/mol. The van der Waals surface area contributed by atoms with Crippen LogP contribution < -0.4 is 4.90 Å². The molecule has 0 aliphatic carbocycles. The smallest absolute Gasteiger partial charge is 0.172 e. The minimum Gasteiger partial charge on any atom is -0.371 e. The molecule has 0 atom stereocenters. The number of halogens is 2. The lowest BCUT2D eigenvalue weighted by Gasteiger charge is -2.29. The second kappa shape index (κ2) is 8.44. The fourth-order valence-electron chi connectivity index (χ4n) is 5.22. The molecule has 0 N–H and O–H groups in total. The van der Waals surface area contributed by atoms with Gasteiger partial charge in [0.2, 0.25) is 0 Å². The largest absolute Gasteiger partial charge is 0.371 e. The molecule has 0 bridgehead atoms. The lowest BCUT2D eigenvalue weighted by molar-refractivity contribution is 0.211. The van der Waals surface area contributed by atoms with E-state index in [0.29, 0.717) is 26.4 Å². The SMILES string of the molecule is Cc1cccc2c1nc(-c1ccc3c(c1Cl)CCN3CCCC1CCN(C)CC1)n2F. The number of nitrogens with zero attached hydrogens (tertiary/aromatic N) is 4. The fourth-order valence-corrected chi connectivity index (χ4v) is 5.55. The first-order valence-electron chi connectivity index (χ1n) is 11.4. The average molecular weight is 441 g/mol. The van der Waals surface area contributed by atoms with Crippen molar-refractivity contribution in [3.05, 3.63) is 46.5 Å². The van der Waals surface area contributed by atoms with Crippen LogP contribution in [0.25, 0.3) is 22.4 Å². The number of anilines is 1. The van der Waals surface area contributed by atoms with Crippen molar-refractivity contribution in [2.24, 2.45) is 5.92 Å². The van der Waals surface area contributed by atoms with E-state index in [1.54, 1.807) is 6.07 Å². The van der Waals surface area contributed by atoms with Crippen LogP contribution >= 0.6 is 11.6 Å². The van der Waals surface area contributed by atoms with Gasteiger partial charge in [-0.15, -0.1) is 0 Å². The molecule has 2 aromatic carbocycles. The molecule has 0 radical (unpaired) electrons. The first-order valence-corrected chi connectivity index (χ1v) is 11.8. The minimum atomic E-state index is 0.290. The van der Waals surface area contributed by atoms with E-state index < -0.39 is 0 Å². The van der Waals surface area contributed by atoms with Crippen LogP contribution in [0.2, 0.25) is 5.02 Å². The number of hydrogen-bond donors (Lipinski definition) is 0. The van der Waals surface area contributed by atoms with E-state index in [4.69, 9.17) is 11.6 Å². The van der Waals surface area contributed by atoms with E-state index in [9.17, 15) is 0 Å². The predicted molar refractivity (Wildman–Crippen MR) is 127 cm³/mol. The summed E-state index contributed by atoms with van der Waals surface area (Å²) in [4.78, 5) is 10.1. The average Bonchev–Trinajstić information content (AvgIpc) is 3.33. The number of para-hydroxylation sites is 1. The maximum atomic E-state index is 15.1. The van der Waals surface area contributed by atoms with Gasteiger partial charge in [0.1, 0.15) is 5.52 Å². The summed E-state index contributed by atoms with van der Waals surface area (Å²) in [6, 6.07) is 9.60. The van der Waals surface area contributed by atoms with Crippen LogP contribution in [-0.4, -0.2) is 47.9 Å². The third kappa shape index (κ3) is 3.83. The highest BCUT2D eigenvalue weighted by molar-refractivity contribution is 6.34. The van der Waals surface area contributed by atoms with Gasteiger partial charge in [0, 0.05) is 24.3 Å². The summed E-state index contributed by atoms with van der Waals surface area (Å²) in [5.74, 6) is 1.16. The predicted octanol–water partition coefficient (Wildman–Crippen LogP) is 5.88. The normalized spacial score (nSPS) is 17.6. The van der Waals surface area contributed by atoms with Gasteiger partial charge in [-0.25, -0.2) is 4.98 Å². The molecule has 2 aliphatic rings. The molecule has 5 rings (SSSR count). The second-order valence-corrected chi connectivity index (χ2v) is 9.59. The lowest BCUT2D eigenvalue weighted by Crippen LogP contribution is -2.30. The van der Waals surface area contributed by atoms with Crippen molar-refractivity contribution in [1.82, 2.24) is 14.7 Å². The molecule has 31 heavy (non-hydrogen) atoms. The Balaban J connectivity index is 1.33. The van der Waals surface area contributed by atoms with Crippen LogP contribution in [0.4, 0.5) is 10.2 Å². The molecule has 4 nitrogen and oxygen atoms in total. The maximum absolute atomic E-state index is 15.1. The molecule has 164 valence electrons. The summed E-state index contributed by atoms with van der Waals surface area (Å²) >= 11 is 6.81. The molecular weight excluding hydrogens is 411 g/mol. The summed E-state index contributed by atoms with van der Waals surface area (Å²) in [5, 5.41) is 0.641. The number of piperidine rings is 1. The van der Waals surface area contributed by atoms with Crippen molar-refractivity contribution in [2.45, 2.75) is 39.0 Å². The molecule has 3 aromatic rings. The molecule has 1 fully saturated rings. The highest BCUT2D eigenvalue weighted by Crippen LogP contribution is 2.41. The Labute approximate surface area is 188 Å². The topological polar surface area (TPSA) is 24.3 Å². The Morgan fingerprint density at radius 3 is 2.71 bits per heavy atom. The van der Waals surface area contributed by atoms with Crippen molar-refractivity contribution >= 4 is 28.3 Å². The first-order chi connectivity index (χ1) is 15.0. The van der Waals surface area contributed by atoms with E-state index in [1.807, 2.05) is 25.1 Å². The summed E-state index contributed by atoms with van der Waals surface area (Å²) in [6.07, 6.45) is 6.07. The Bertz CT molecular complexity index is 1100. The Hall–Kier alpha value is -2.11. The van der Waals surface area contributed by atoms with Gasteiger partial charge < -0.3 is 9.80 Å². The zero-order chi connectivity index (χ0) is 21.5. The van der Waals surface area contributed by atoms with E-state index in [0.717, 1.165) is 36.6 Å². The van der Waals surface area contributed by atoms with E-state index in [2.05, 4.69) is 27.9 Å². The molecule has 0 unspecified atom stereocenters. The zero-order valence-corrected chi connectivity index (χ0v) is 19.1. The number of aryl methyl sites for hydroxylation is 1. The third-order valence-corrected chi connectivity index (χ3v) is 7.57. The lowest BCUT2D eigenvalue weighted by atomic mass is 9.92. The number of rotatable bonds is 5. The van der Waals surface area contributed by atoms with Crippen LogP contribution in [-0.2, 0) is 6.42 Å². The molecule has 0 spiro atoms. The van der Waals surface area contributed by atoms with Crippen molar-refractivity contribution in [3.8, 4) is 11.4 Å². The van der Waals surface area contributed by atoms with Crippen molar-refractivity contribution in [2.75, 3.05) is 38.1 Å². The minimum absolute atomic E-state index is 0.290. The zero-order valence-electron chi connectivity index (χ0n) is 18.4. The highest BCUT2D eigenvalue weighted by atomic mass is 35.5. The second-order valence-electron chi connectivity index (χ2n) is 9.21. The molecule has 0 amide bonds. The van der Waals surface area contributed by atoms with E-state index >= 15 is 4.48 Å². The molecule has 6 heteroatoms. The Kier molecular flexibility index (Phi) is 5.65. The first kappa shape index (κ1) is 20.8. The molecular formula is C25H30ClFN4. The van der Waals surface area contributed by atoms with Gasteiger partial charge >= 0.3 is 0 Å². The van der Waals surface area contributed by atoms with Crippen LogP contribution in [0.15, 0.2) is 30.3 Å². The third-order valence-electron chi connectivity index (χ3n) is 7.14. The van der Waals surface area contributed by atoms with Crippen LogP contribution in [0.3, 0.4) is 0 Å². The number of imidazole rings is 1. The number of hydrogen-bond acceptors (Lipinski definition) is 3. The van der Waals surface area contributed by atoms with Gasteiger partial charge in [0.25, 0.3) is 0 Å². The highest BCUT2D eigenvalue weighted by Gasteiger charge is 2.26. The Morgan fingerprint density at radius 1 is 1.13 bits per heavy atom. The van der Waals surface area contributed by atoms with Crippen LogP contribution in [0, 0.1) is 12.8 Å². The molecule has 2 aliphatic heterocycles. The molecule has 3 heterocycles. The molecule has 1 aromatic heterocycles. The van der Waals surface area contributed by atoms with Crippen molar-refractivity contribution in [3.63, 3.8) is 0 Å². The Morgan fingerprint density at radius 2 is 1.94 bits per heavy atom. The van der Waals surface area contributed by atoms with Gasteiger partial charge in [0.05, 0.1) is 10.5 Å². The van der Waals surface area contributed by atoms with Gasteiger partial charge in [-0.3, -0.25) is 0 Å². The van der Waals surface area contributed by atoms with E-state index in [1.165, 1.54) is 44.5 Å². The van der Waals surface area contributed by atoms with Crippen molar-refractivity contribution < 1.29 is 4.48 Å². The van der Waals surface area contributed by atoms with Gasteiger partial charge in [0.15, 0.2) is 5.82 Å². The van der Waals surface area contributed by atoms with Gasteiger partial charge in [-0.05, 0) is 94.4 Å². The number of fused-ring (bicyclic) bond motifs is 2. The summed E-state index contributed by atoms with van der Waals surface area (Å²) < 4.78 is 15.1. The molecule has 1 saturated heterocycles. The van der Waals surface area contributed by atoms with Crippen molar-refractivity contribution in [1.29, 1.82) is 0 Å². The number of likely N-dealkylation sites (tertiary alicyclic amines) is 1.